The first kappa shape index (κ1) is 6.41. The van der Waals surface area contributed by atoms with Gasteiger partial charge >= 0.3 is 0 Å². The quantitative estimate of drug-likeness (QED) is 0.501. The molecule has 2 aliphatic rings. The van der Waals surface area contributed by atoms with E-state index in [0.29, 0.717) is 5.41 Å². The minimum absolute atomic E-state index is 0.711. The molecule has 1 heteroatoms. The van der Waals surface area contributed by atoms with Crippen LogP contribution in [0.15, 0.2) is 12.2 Å². The molecule has 1 saturated heterocycles. The molecule has 1 saturated carbocycles. The summed E-state index contributed by atoms with van der Waals surface area (Å²) in [6.45, 7) is 6.45. The molecule has 0 aromatic heterocycles. The van der Waals surface area contributed by atoms with Gasteiger partial charge in [0.1, 0.15) is 0 Å². The van der Waals surface area contributed by atoms with Gasteiger partial charge in [-0.3, -0.25) is 0 Å². The van der Waals surface area contributed by atoms with Crippen LogP contribution in [0.5, 0.6) is 0 Å². The molecule has 1 nitrogen and oxygen atoms in total. The topological polar surface area (TPSA) is 12.0 Å². The van der Waals surface area contributed by atoms with Crippen LogP contribution in [0.1, 0.15) is 25.7 Å². The van der Waals surface area contributed by atoms with Crippen LogP contribution in [0.25, 0.3) is 0 Å². The van der Waals surface area contributed by atoms with Crippen LogP contribution in [-0.2, 0) is 0 Å². The summed E-state index contributed by atoms with van der Waals surface area (Å²) in [5.41, 5.74) is 2.18. The molecule has 10 heavy (non-hydrogen) atoms. The van der Waals surface area contributed by atoms with Gasteiger partial charge in [0.05, 0.1) is 0 Å². The van der Waals surface area contributed by atoms with Crippen molar-refractivity contribution in [1.82, 2.24) is 5.32 Å². The first-order valence-corrected chi connectivity index (χ1v) is 4.18. The van der Waals surface area contributed by atoms with Gasteiger partial charge in [0.2, 0.25) is 0 Å². The zero-order valence-electron chi connectivity index (χ0n) is 6.45. The van der Waals surface area contributed by atoms with E-state index >= 15 is 0 Å². The fourth-order valence-corrected chi connectivity index (χ4v) is 2.32. The summed E-state index contributed by atoms with van der Waals surface area (Å²) in [6.07, 6.45) is 5.39. The second-order valence-corrected chi connectivity index (χ2v) is 3.85. The van der Waals surface area contributed by atoms with E-state index in [9.17, 15) is 0 Å². The Bertz CT molecular complexity index is 144. The van der Waals surface area contributed by atoms with E-state index in [2.05, 4.69) is 11.9 Å². The van der Waals surface area contributed by atoms with Crippen LogP contribution in [0.2, 0.25) is 0 Å². The average Bonchev–Trinajstić information content (AvgIpc) is 1.87. The molecule has 0 unspecified atom stereocenters. The molecule has 56 valence electrons. The van der Waals surface area contributed by atoms with Crippen molar-refractivity contribution in [2.75, 3.05) is 13.1 Å². The third kappa shape index (κ3) is 0.891. The molecule has 0 aromatic carbocycles. The summed E-state index contributed by atoms with van der Waals surface area (Å²) in [4.78, 5) is 0. The molecule has 2 rings (SSSR count). The molecule has 1 N–H and O–H groups in total. The van der Waals surface area contributed by atoms with E-state index in [1.54, 1.807) is 0 Å². The van der Waals surface area contributed by atoms with Crippen LogP contribution in [0.4, 0.5) is 0 Å². The van der Waals surface area contributed by atoms with Gasteiger partial charge in [0.25, 0.3) is 0 Å². The average molecular weight is 137 g/mol. The van der Waals surface area contributed by atoms with E-state index in [1.807, 2.05) is 0 Å². The maximum atomic E-state index is 3.99. The van der Waals surface area contributed by atoms with Crippen molar-refractivity contribution in [3.8, 4) is 0 Å². The van der Waals surface area contributed by atoms with Gasteiger partial charge in [-0.2, -0.15) is 0 Å². The Kier molecular flexibility index (Phi) is 1.34. The maximum Gasteiger partial charge on any atom is -0.00434 e. The van der Waals surface area contributed by atoms with Gasteiger partial charge in [-0.1, -0.05) is 12.2 Å². The van der Waals surface area contributed by atoms with Crippen molar-refractivity contribution in [2.24, 2.45) is 5.41 Å². The van der Waals surface area contributed by atoms with Gasteiger partial charge in [-0.25, -0.2) is 0 Å². The Morgan fingerprint density at radius 2 is 1.80 bits per heavy atom. The lowest BCUT2D eigenvalue weighted by molar-refractivity contribution is 0.142. The van der Waals surface area contributed by atoms with Gasteiger partial charge in [0.15, 0.2) is 0 Å². The van der Waals surface area contributed by atoms with Gasteiger partial charge in [-0.15, -0.1) is 0 Å². The first-order valence-electron chi connectivity index (χ1n) is 4.18. The predicted octanol–water partition coefficient (Wildman–Crippen LogP) is 1.71. The normalized spacial score (nSPS) is 30.2. The number of allylic oxidation sites excluding steroid dienone is 1. The summed E-state index contributed by atoms with van der Waals surface area (Å²) in [5, 5.41) is 3.39. The molecule has 0 bridgehead atoms. The highest BCUT2D eigenvalue weighted by molar-refractivity contribution is 5.15. The summed E-state index contributed by atoms with van der Waals surface area (Å²) in [5.74, 6) is 0. The summed E-state index contributed by atoms with van der Waals surface area (Å²) in [6, 6.07) is 0. The Hall–Kier alpha value is -0.300. The first-order chi connectivity index (χ1) is 4.81. The fraction of sp³-hybridized carbons (Fsp3) is 0.778. The standard InChI is InChI=1S/C9H15N/c1-8-6-9(7-8)2-4-10-5-3-9/h10H,1-7H2. The Balaban J connectivity index is 1.96. The van der Waals surface area contributed by atoms with Crippen molar-refractivity contribution in [3.05, 3.63) is 12.2 Å². The third-order valence-electron chi connectivity index (χ3n) is 2.91. The zero-order chi connectivity index (χ0) is 7.03. The van der Waals surface area contributed by atoms with Crippen LogP contribution in [0, 0.1) is 5.41 Å². The van der Waals surface area contributed by atoms with E-state index in [4.69, 9.17) is 0 Å². The highest BCUT2D eigenvalue weighted by atomic mass is 14.9. The highest BCUT2D eigenvalue weighted by Gasteiger charge is 2.39. The highest BCUT2D eigenvalue weighted by Crippen LogP contribution is 2.50. The second-order valence-electron chi connectivity index (χ2n) is 3.85. The fourth-order valence-electron chi connectivity index (χ4n) is 2.32. The Labute approximate surface area is 62.5 Å². The lowest BCUT2D eigenvalue weighted by Gasteiger charge is -2.46. The number of rotatable bonds is 0. The van der Waals surface area contributed by atoms with Crippen LogP contribution in [-0.4, -0.2) is 13.1 Å². The SMILES string of the molecule is C=C1CC2(CCNCC2)C1. The van der Waals surface area contributed by atoms with E-state index in [-0.39, 0.29) is 0 Å². The molecule has 2 fully saturated rings. The van der Waals surface area contributed by atoms with E-state index in [1.165, 1.54) is 44.3 Å². The summed E-state index contributed by atoms with van der Waals surface area (Å²) in [7, 11) is 0. The van der Waals surface area contributed by atoms with Crippen molar-refractivity contribution < 1.29 is 0 Å². The largest absolute Gasteiger partial charge is 0.317 e. The Morgan fingerprint density at radius 1 is 1.20 bits per heavy atom. The number of hydrogen-bond donors (Lipinski definition) is 1. The van der Waals surface area contributed by atoms with E-state index in [0.717, 1.165) is 0 Å². The minimum Gasteiger partial charge on any atom is -0.317 e. The molecule has 0 atom stereocenters. The van der Waals surface area contributed by atoms with Gasteiger partial charge in [-0.05, 0) is 44.2 Å². The molecule has 1 spiro atoms. The molecule has 1 heterocycles. The van der Waals surface area contributed by atoms with Crippen LogP contribution in [0.3, 0.4) is 0 Å². The number of hydrogen-bond acceptors (Lipinski definition) is 1. The van der Waals surface area contributed by atoms with Crippen molar-refractivity contribution in [1.29, 1.82) is 0 Å². The van der Waals surface area contributed by atoms with Crippen molar-refractivity contribution >= 4 is 0 Å². The third-order valence-corrected chi connectivity index (χ3v) is 2.91. The maximum absolute atomic E-state index is 3.99. The van der Waals surface area contributed by atoms with E-state index < -0.39 is 0 Å². The van der Waals surface area contributed by atoms with Crippen LogP contribution >= 0.6 is 0 Å². The van der Waals surface area contributed by atoms with Crippen LogP contribution < -0.4 is 5.32 Å². The van der Waals surface area contributed by atoms with Crippen molar-refractivity contribution in [2.45, 2.75) is 25.7 Å². The molecule has 1 aliphatic carbocycles. The van der Waals surface area contributed by atoms with Gasteiger partial charge < -0.3 is 5.32 Å². The summed E-state index contributed by atoms with van der Waals surface area (Å²) < 4.78 is 0. The Morgan fingerprint density at radius 3 is 2.30 bits per heavy atom. The minimum atomic E-state index is 0.711. The van der Waals surface area contributed by atoms with Gasteiger partial charge in [0, 0.05) is 0 Å². The lowest BCUT2D eigenvalue weighted by atomic mass is 9.61. The van der Waals surface area contributed by atoms with Crippen molar-refractivity contribution in [3.63, 3.8) is 0 Å². The summed E-state index contributed by atoms with van der Waals surface area (Å²) >= 11 is 0. The smallest absolute Gasteiger partial charge is 0.00434 e. The second kappa shape index (κ2) is 2.09. The molecule has 0 aromatic rings. The number of piperidine rings is 1. The lowest BCUT2D eigenvalue weighted by Crippen LogP contribution is -2.41. The number of nitrogens with one attached hydrogen (secondary N) is 1. The molecule has 0 radical (unpaired) electrons. The molecule has 1 aliphatic heterocycles. The molecular formula is C9H15N. The monoisotopic (exact) mass is 137 g/mol. The molecular weight excluding hydrogens is 122 g/mol. The molecule has 0 amide bonds. The zero-order valence-corrected chi connectivity index (χ0v) is 6.45. The predicted molar refractivity (Wildman–Crippen MR) is 42.9 cm³/mol.